The summed E-state index contributed by atoms with van der Waals surface area (Å²) >= 11 is 5.81. The topological polar surface area (TPSA) is 52.5 Å². The highest BCUT2D eigenvalue weighted by molar-refractivity contribution is 6.17. The van der Waals surface area contributed by atoms with Gasteiger partial charge in [0.25, 0.3) is 5.91 Å². The first-order valence-corrected chi connectivity index (χ1v) is 10.6. The summed E-state index contributed by atoms with van der Waals surface area (Å²) < 4.78 is 13.3. The number of halogens is 1. The van der Waals surface area contributed by atoms with Crippen LogP contribution in [0.3, 0.4) is 0 Å². The van der Waals surface area contributed by atoms with E-state index in [-0.39, 0.29) is 5.91 Å². The monoisotopic (exact) mass is 434 g/mol. The smallest absolute Gasteiger partial charge is 0.255 e. The van der Waals surface area contributed by atoms with Gasteiger partial charge in [-0.3, -0.25) is 4.79 Å². The van der Waals surface area contributed by atoms with E-state index in [1.165, 1.54) is 0 Å². The maximum atomic E-state index is 12.6. The van der Waals surface area contributed by atoms with Crippen molar-refractivity contribution in [2.75, 3.05) is 18.3 Å². The number of benzene rings is 3. The van der Waals surface area contributed by atoms with Crippen LogP contribution in [0.2, 0.25) is 0 Å². The van der Waals surface area contributed by atoms with Crippen molar-refractivity contribution in [3.05, 3.63) is 84.6 Å². The first kappa shape index (κ1) is 20.8. The van der Waals surface area contributed by atoms with Crippen LogP contribution in [0.15, 0.2) is 79.0 Å². The van der Waals surface area contributed by atoms with E-state index in [0.717, 1.165) is 35.4 Å². The molecule has 1 aromatic heterocycles. The lowest BCUT2D eigenvalue weighted by Gasteiger charge is -2.10. The number of hydrogen-bond acceptors (Lipinski definition) is 3. The minimum Gasteiger partial charge on any atom is -0.497 e. The number of hydrogen-bond donors (Lipinski definition) is 1. The van der Waals surface area contributed by atoms with E-state index in [1.807, 2.05) is 24.3 Å². The van der Waals surface area contributed by atoms with Crippen LogP contribution in [0.5, 0.6) is 17.2 Å². The van der Waals surface area contributed by atoms with Crippen LogP contribution >= 0.6 is 11.6 Å². The van der Waals surface area contributed by atoms with E-state index in [0.29, 0.717) is 22.9 Å². The molecule has 1 N–H and O–H groups in total. The Kier molecular flexibility index (Phi) is 6.43. The zero-order valence-corrected chi connectivity index (χ0v) is 17.9. The van der Waals surface area contributed by atoms with Crippen molar-refractivity contribution >= 4 is 34.1 Å². The lowest BCUT2D eigenvalue weighted by Crippen LogP contribution is -2.11. The van der Waals surface area contributed by atoms with Gasteiger partial charge in [0, 0.05) is 40.8 Å². The van der Waals surface area contributed by atoms with Crippen molar-refractivity contribution in [2.24, 2.45) is 0 Å². The summed E-state index contributed by atoms with van der Waals surface area (Å²) in [6.45, 7) is 0.887. The number of nitrogens with one attached hydrogen (secondary N) is 1. The van der Waals surface area contributed by atoms with E-state index >= 15 is 0 Å². The van der Waals surface area contributed by atoms with E-state index in [9.17, 15) is 4.79 Å². The van der Waals surface area contributed by atoms with Gasteiger partial charge in [-0.15, -0.1) is 11.6 Å². The largest absolute Gasteiger partial charge is 0.497 e. The van der Waals surface area contributed by atoms with E-state index in [2.05, 4.69) is 22.1 Å². The first-order chi connectivity index (χ1) is 15.2. The van der Waals surface area contributed by atoms with Crippen LogP contribution in [-0.4, -0.2) is 23.5 Å². The molecule has 0 bridgehead atoms. The SMILES string of the molecule is COc1ccc(NC(=O)c2cccc(Oc3ccc4c(ccn4CCCCl)c3)c2)cc1. The van der Waals surface area contributed by atoms with Gasteiger partial charge in [-0.05, 0) is 73.2 Å². The molecule has 4 aromatic rings. The molecule has 0 saturated heterocycles. The van der Waals surface area contributed by atoms with Crippen LogP contribution < -0.4 is 14.8 Å². The average Bonchev–Trinajstić information content (AvgIpc) is 3.20. The molecule has 4 rings (SSSR count). The molecule has 0 atom stereocenters. The molecule has 1 heterocycles. The molecule has 6 heteroatoms. The maximum absolute atomic E-state index is 12.6. The Bertz CT molecular complexity index is 1190. The van der Waals surface area contributed by atoms with Gasteiger partial charge < -0.3 is 19.4 Å². The van der Waals surface area contributed by atoms with Crippen molar-refractivity contribution in [3.8, 4) is 17.2 Å². The number of methoxy groups -OCH3 is 1. The lowest BCUT2D eigenvalue weighted by molar-refractivity contribution is 0.102. The standard InChI is InChI=1S/C25H23ClN2O3/c1-30-21-8-6-20(7-9-21)27-25(29)19-4-2-5-22(17-19)31-23-10-11-24-18(16-23)12-15-28(24)14-3-13-26/h2,4-12,15-17H,3,13-14H2,1H3,(H,27,29). The van der Waals surface area contributed by atoms with Crippen LogP contribution in [-0.2, 0) is 6.54 Å². The number of rotatable bonds is 8. The summed E-state index contributed by atoms with van der Waals surface area (Å²) in [5.74, 6) is 2.49. The highest BCUT2D eigenvalue weighted by Crippen LogP contribution is 2.27. The van der Waals surface area contributed by atoms with Gasteiger partial charge in [0.2, 0.25) is 0 Å². The van der Waals surface area contributed by atoms with Gasteiger partial charge in [-0.25, -0.2) is 0 Å². The second kappa shape index (κ2) is 9.58. The fraction of sp³-hybridized carbons (Fsp3) is 0.160. The second-order valence-corrected chi connectivity index (χ2v) is 7.46. The highest BCUT2D eigenvalue weighted by Gasteiger charge is 2.09. The molecule has 5 nitrogen and oxygen atoms in total. The molecular formula is C25H23ClN2O3. The van der Waals surface area contributed by atoms with Crippen molar-refractivity contribution in [3.63, 3.8) is 0 Å². The summed E-state index contributed by atoms with van der Waals surface area (Å²) in [4.78, 5) is 12.6. The van der Waals surface area contributed by atoms with Gasteiger partial charge in [0.05, 0.1) is 7.11 Å². The minimum atomic E-state index is -0.206. The zero-order valence-electron chi connectivity index (χ0n) is 17.2. The van der Waals surface area contributed by atoms with Crippen molar-refractivity contribution in [2.45, 2.75) is 13.0 Å². The second-order valence-electron chi connectivity index (χ2n) is 7.08. The van der Waals surface area contributed by atoms with Gasteiger partial charge in [0.1, 0.15) is 17.2 Å². The van der Waals surface area contributed by atoms with E-state index in [4.69, 9.17) is 21.1 Å². The predicted molar refractivity (Wildman–Crippen MR) is 125 cm³/mol. The molecule has 0 fully saturated rings. The minimum absolute atomic E-state index is 0.206. The Labute approximate surface area is 186 Å². The summed E-state index contributed by atoms with van der Waals surface area (Å²) in [7, 11) is 1.61. The number of nitrogens with zero attached hydrogens (tertiary/aromatic N) is 1. The number of aromatic nitrogens is 1. The number of ether oxygens (including phenoxy) is 2. The third kappa shape index (κ3) is 5.01. The molecule has 3 aromatic carbocycles. The Morgan fingerprint density at radius 1 is 0.968 bits per heavy atom. The number of carbonyl (C=O) groups excluding carboxylic acids is 1. The van der Waals surface area contributed by atoms with Crippen molar-refractivity contribution in [1.29, 1.82) is 0 Å². The van der Waals surface area contributed by atoms with Crippen LogP contribution in [0.25, 0.3) is 10.9 Å². The number of amides is 1. The molecule has 1 amide bonds. The number of carbonyl (C=O) groups is 1. The third-order valence-electron chi connectivity index (χ3n) is 4.95. The molecule has 0 aliphatic carbocycles. The van der Waals surface area contributed by atoms with Gasteiger partial charge in [-0.1, -0.05) is 6.07 Å². The van der Waals surface area contributed by atoms with Crippen molar-refractivity contribution < 1.29 is 14.3 Å². The Hall–Kier alpha value is -3.44. The van der Waals surface area contributed by atoms with Gasteiger partial charge >= 0.3 is 0 Å². The number of aryl methyl sites for hydroxylation is 1. The zero-order chi connectivity index (χ0) is 21.6. The normalized spacial score (nSPS) is 10.8. The number of anilines is 1. The van der Waals surface area contributed by atoms with Gasteiger partial charge in [-0.2, -0.15) is 0 Å². The quantitative estimate of drug-likeness (QED) is 0.330. The van der Waals surface area contributed by atoms with E-state index < -0.39 is 0 Å². The summed E-state index contributed by atoms with van der Waals surface area (Å²) in [5.41, 5.74) is 2.35. The molecule has 0 aliphatic heterocycles. The Balaban J connectivity index is 1.47. The van der Waals surface area contributed by atoms with E-state index in [1.54, 1.807) is 49.6 Å². The van der Waals surface area contributed by atoms with Gasteiger partial charge in [0.15, 0.2) is 0 Å². The Morgan fingerprint density at radius 3 is 2.52 bits per heavy atom. The molecule has 0 saturated carbocycles. The maximum Gasteiger partial charge on any atom is 0.255 e. The molecule has 0 radical (unpaired) electrons. The van der Waals surface area contributed by atoms with Crippen LogP contribution in [0, 0.1) is 0 Å². The number of fused-ring (bicyclic) bond motifs is 1. The fourth-order valence-electron chi connectivity index (χ4n) is 3.38. The van der Waals surface area contributed by atoms with Crippen molar-refractivity contribution in [1.82, 2.24) is 4.57 Å². The molecule has 158 valence electrons. The molecule has 31 heavy (non-hydrogen) atoms. The van der Waals surface area contributed by atoms with Crippen LogP contribution in [0.1, 0.15) is 16.8 Å². The molecule has 0 spiro atoms. The molecule has 0 aliphatic rings. The number of alkyl halides is 1. The summed E-state index contributed by atoms with van der Waals surface area (Å²) in [5, 5.41) is 3.98. The first-order valence-electron chi connectivity index (χ1n) is 10.0. The fourth-order valence-corrected chi connectivity index (χ4v) is 3.50. The molecular weight excluding hydrogens is 412 g/mol. The highest BCUT2D eigenvalue weighted by atomic mass is 35.5. The Morgan fingerprint density at radius 2 is 1.74 bits per heavy atom. The summed E-state index contributed by atoms with van der Waals surface area (Å²) in [6, 6.07) is 22.4. The predicted octanol–water partition coefficient (Wildman–Crippen LogP) is 6.32. The molecule has 0 unspecified atom stereocenters. The average molecular weight is 435 g/mol. The third-order valence-corrected chi connectivity index (χ3v) is 5.22. The lowest BCUT2D eigenvalue weighted by atomic mass is 10.2. The summed E-state index contributed by atoms with van der Waals surface area (Å²) in [6.07, 6.45) is 2.99. The van der Waals surface area contributed by atoms with Crippen LogP contribution in [0.4, 0.5) is 5.69 Å².